The summed E-state index contributed by atoms with van der Waals surface area (Å²) < 4.78 is 7.93. The number of nitrogens with zero attached hydrogens (tertiary/aromatic N) is 3. The molecular formula is C19H27N3O. The summed E-state index contributed by atoms with van der Waals surface area (Å²) in [6.45, 7) is 10.4. The summed E-state index contributed by atoms with van der Waals surface area (Å²) in [6.07, 6.45) is 4.93. The molecule has 3 rings (SSSR count). The molecule has 0 spiro atoms. The van der Waals surface area contributed by atoms with Crippen LogP contribution in [0.4, 0.5) is 0 Å². The van der Waals surface area contributed by atoms with Gasteiger partial charge in [-0.15, -0.1) is 5.10 Å². The van der Waals surface area contributed by atoms with E-state index in [-0.39, 0.29) is 5.41 Å². The van der Waals surface area contributed by atoms with Crippen molar-refractivity contribution in [2.24, 2.45) is 0 Å². The first-order valence-electron chi connectivity index (χ1n) is 8.70. The minimum Gasteiger partial charge on any atom is -0.486 e. The first-order valence-corrected chi connectivity index (χ1v) is 8.70. The van der Waals surface area contributed by atoms with E-state index < -0.39 is 0 Å². The van der Waals surface area contributed by atoms with Crippen molar-refractivity contribution < 1.29 is 4.74 Å². The zero-order valence-electron chi connectivity index (χ0n) is 14.7. The van der Waals surface area contributed by atoms with Crippen LogP contribution in [-0.2, 0) is 18.6 Å². The predicted molar refractivity (Wildman–Crippen MR) is 92.6 cm³/mol. The molecule has 0 aliphatic carbocycles. The van der Waals surface area contributed by atoms with Crippen molar-refractivity contribution in [3.63, 3.8) is 0 Å². The molecule has 2 heterocycles. The molecule has 4 nitrogen and oxygen atoms in total. The molecule has 0 N–H and O–H groups in total. The minimum absolute atomic E-state index is 0.117. The topological polar surface area (TPSA) is 39.9 Å². The zero-order chi connectivity index (χ0) is 16.4. The molecular weight excluding hydrogens is 286 g/mol. The van der Waals surface area contributed by atoms with Crippen molar-refractivity contribution in [1.29, 1.82) is 0 Å². The van der Waals surface area contributed by atoms with Gasteiger partial charge < -0.3 is 4.74 Å². The lowest BCUT2D eigenvalue weighted by Crippen LogP contribution is -2.14. The van der Waals surface area contributed by atoms with Crippen molar-refractivity contribution in [2.75, 3.05) is 0 Å². The standard InChI is InChI=1S/C19H27N3O/c1-5-6-7-8-11-22-18-15-12-14(19(2,3)4)9-10-17(15)23-13-16(18)20-21-22/h9-10,12H,5-8,11,13H2,1-4H3. The van der Waals surface area contributed by atoms with Crippen molar-refractivity contribution in [3.05, 3.63) is 29.5 Å². The van der Waals surface area contributed by atoms with Gasteiger partial charge in [0.25, 0.3) is 0 Å². The highest BCUT2D eigenvalue weighted by molar-refractivity contribution is 5.72. The Labute approximate surface area is 138 Å². The normalized spacial score (nSPS) is 13.4. The first kappa shape index (κ1) is 16.0. The smallest absolute Gasteiger partial charge is 0.134 e. The second-order valence-corrected chi connectivity index (χ2v) is 7.42. The van der Waals surface area contributed by atoms with E-state index in [1.807, 2.05) is 0 Å². The fraction of sp³-hybridized carbons (Fsp3) is 0.579. The third kappa shape index (κ3) is 3.26. The van der Waals surface area contributed by atoms with Crippen molar-refractivity contribution >= 4 is 0 Å². The number of unbranched alkanes of at least 4 members (excludes halogenated alkanes) is 3. The van der Waals surface area contributed by atoms with Crippen molar-refractivity contribution in [2.45, 2.75) is 71.9 Å². The Balaban J connectivity index is 1.93. The summed E-state index contributed by atoms with van der Waals surface area (Å²) in [5.74, 6) is 0.947. The molecule has 0 saturated heterocycles. The molecule has 1 aromatic heterocycles. The van der Waals surface area contributed by atoms with Gasteiger partial charge in [-0.25, -0.2) is 4.68 Å². The van der Waals surface area contributed by atoms with Crippen LogP contribution in [0.5, 0.6) is 5.75 Å². The van der Waals surface area contributed by atoms with Gasteiger partial charge in [-0.05, 0) is 29.5 Å². The van der Waals surface area contributed by atoms with Gasteiger partial charge in [-0.3, -0.25) is 0 Å². The van der Waals surface area contributed by atoms with Crippen LogP contribution in [0.15, 0.2) is 18.2 Å². The van der Waals surface area contributed by atoms with Gasteiger partial charge in [0.15, 0.2) is 0 Å². The van der Waals surface area contributed by atoms with Crippen LogP contribution in [0.25, 0.3) is 11.3 Å². The highest BCUT2D eigenvalue weighted by Crippen LogP contribution is 2.39. The predicted octanol–water partition coefficient (Wildman–Crippen LogP) is 4.72. The fourth-order valence-electron chi connectivity index (χ4n) is 3.04. The molecule has 0 radical (unpaired) electrons. The van der Waals surface area contributed by atoms with Crippen LogP contribution in [0.2, 0.25) is 0 Å². The Morgan fingerprint density at radius 3 is 2.74 bits per heavy atom. The van der Waals surface area contributed by atoms with Gasteiger partial charge in [-0.2, -0.15) is 0 Å². The number of benzene rings is 1. The quantitative estimate of drug-likeness (QED) is 0.750. The van der Waals surface area contributed by atoms with Crippen LogP contribution in [0.1, 0.15) is 64.6 Å². The van der Waals surface area contributed by atoms with Crippen LogP contribution in [0.3, 0.4) is 0 Å². The molecule has 0 saturated carbocycles. The number of fused-ring (bicyclic) bond motifs is 3. The number of aryl methyl sites for hydroxylation is 1. The van der Waals surface area contributed by atoms with Crippen LogP contribution in [-0.4, -0.2) is 15.0 Å². The van der Waals surface area contributed by atoms with Crippen molar-refractivity contribution in [1.82, 2.24) is 15.0 Å². The van der Waals surface area contributed by atoms with E-state index in [2.05, 4.69) is 60.9 Å². The second kappa shape index (κ2) is 6.34. The highest BCUT2D eigenvalue weighted by atomic mass is 16.5. The lowest BCUT2D eigenvalue weighted by molar-refractivity contribution is 0.296. The van der Waals surface area contributed by atoms with E-state index in [1.165, 1.54) is 24.8 Å². The van der Waals surface area contributed by atoms with Gasteiger partial charge in [0, 0.05) is 12.1 Å². The van der Waals surface area contributed by atoms with Gasteiger partial charge in [0.2, 0.25) is 0 Å². The van der Waals surface area contributed by atoms with E-state index in [4.69, 9.17) is 4.74 Å². The fourth-order valence-corrected chi connectivity index (χ4v) is 3.04. The molecule has 23 heavy (non-hydrogen) atoms. The zero-order valence-corrected chi connectivity index (χ0v) is 14.7. The summed E-state index contributed by atoms with van der Waals surface area (Å²) in [7, 11) is 0. The van der Waals surface area contributed by atoms with Crippen LogP contribution in [0, 0.1) is 0 Å². The Hall–Kier alpha value is -1.84. The number of rotatable bonds is 5. The first-order chi connectivity index (χ1) is 11.0. The van der Waals surface area contributed by atoms with Crippen LogP contribution < -0.4 is 4.74 Å². The summed E-state index contributed by atoms with van der Waals surface area (Å²) in [4.78, 5) is 0. The Morgan fingerprint density at radius 1 is 1.17 bits per heavy atom. The summed E-state index contributed by atoms with van der Waals surface area (Å²) in [6, 6.07) is 6.51. The maximum atomic E-state index is 5.86. The summed E-state index contributed by atoms with van der Waals surface area (Å²) >= 11 is 0. The third-order valence-electron chi connectivity index (χ3n) is 4.49. The number of ether oxygens (including phenoxy) is 1. The molecule has 1 aromatic carbocycles. The monoisotopic (exact) mass is 313 g/mol. The van der Waals surface area contributed by atoms with Gasteiger partial charge in [0.05, 0.1) is 5.69 Å². The average Bonchev–Trinajstić information content (AvgIpc) is 2.94. The molecule has 0 atom stereocenters. The number of hydrogen-bond acceptors (Lipinski definition) is 3. The third-order valence-corrected chi connectivity index (χ3v) is 4.49. The molecule has 4 heteroatoms. The Morgan fingerprint density at radius 2 is 2.00 bits per heavy atom. The van der Waals surface area contributed by atoms with E-state index in [0.29, 0.717) is 6.61 Å². The summed E-state index contributed by atoms with van der Waals surface area (Å²) in [5.41, 5.74) is 4.67. The SMILES string of the molecule is CCCCCCn1nnc2c1-c1cc(C(C)(C)C)ccc1OC2. The molecule has 2 aromatic rings. The molecule has 0 unspecified atom stereocenters. The number of aromatic nitrogens is 3. The van der Waals surface area contributed by atoms with E-state index >= 15 is 0 Å². The van der Waals surface area contributed by atoms with Crippen molar-refractivity contribution in [3.8, 4) is 17.0 Å². The largest absolute Gasteiger partial charge is 0.486 e. The highest BCUT2D eigenvalue weighted by Gasteiger charge is 2.25. The molecule has 1 aliphatic rings. The van der Waals surface area contributed by atoms with E-state index in [9.17, 15) is 0 Å². The molecule has 124 valence electrons. The van der Waals surface area contributed by atoms with Gasteiger partial charge in [0.1, 0.15) is 18.1 Å². The molecule has 0 amide bonds. The number of hydrogen-bond donors (Lipinski definition) is 0. The van der Waals surface area contributed by atoms with Gasteiger partial charge in [-0.1, -0.05) is 58.2 Å². The lowest BCUT2D eigenvalue weighted by Gasteiger charge is -2.24. The maximum Gasteiger partial charge on any atom is 0.134 e. The second-order valence-electron chi connectivity index (χ2n) is 7.42. The van der Waals surface area contributed by atoms with E-state index in [0.717, 1.165) is 35.7 Å². The maximum absolute atomic E-state index is 5.86. The lowest BCUT2D eigenvalue weighted by atomic mass is 9.85. The average molecular weight is 313 g/mol. The van der Waals surface area contributed by atoms with Gasteiger partial charge >= 0.3 is 0 Å². The Bertz CT molecular complexity index is 682. The minimum atomic E-state index is 0.117. The van der Waals surface area contributed by atoms with Crippen LogP contribution >= 0.6 is 0 Å². The summed E-state index contributed by atoms with van der Waals surface area (Å²) in [5, 5.41) is 8.71. The molecule has 1 aliphatic heterocycles. The molecule has 0 bridgehead atoms. The molecule has 0 fully saturated rings. The Kier molecular flexibility index (Phi) is 4.42. The van der Waals surface area contributed by atoms with E-state index in [1.54, 1.807) is 0 Å².